The van der Waals surface area contributed by atoms with E-state index in [2.05, 4.69) is 11.4 Å². The van der Waals surface area contributed by atoms with Gasteiger partial charge in [0, 0.05) is 30.6 Å². The van der Waals surface area contributed by atoms with Crippen LogP contribution >= 0.6 is 11.6 Å². The monoisotopic (exact) mass is 267 g/mol. The summed E-state index contributed by atoms with van der Waals surface area (Å²) in [6.45, 7) is 1.73. The van der Waals surface area contributed by atoms with E-state index < -0.39 is 5.60 Å². The Labute approximate surface area is 112 Å². The summed E-state index contributed by atoms with van der Waals surface area (Å²) in [7, 11) is 0. The minimum Gasteiger partial charge on any atom is -0.386 e. The largest absolute Gasteiger partial charge is 0.386 e. The fourth-order valence-electron chi connectivity index (χ4n) is 2.80. The van der Waals surface area contributed by atoms with Crippen LogP contribution in [0.2, 0.25) is 5.02 Å². The Bertz CT molecular complexity index is 443. The Morgan fingerprint density at radius 2 is 2.22 bits per heavy atom. The molecular weight excluding hydrogens is 250 g/mol. The quantitative estimate of drug-likeness (QED) is 0.873. The van der Waals surface area contributed by atoms with Gasteiger partial charge in [0.2, 0.25) is 0 Å². The van der Waals surface area contributed by atoms with Crippen LogP contribution in [0.15, 0.2) is 18.2 Å². The molecule has 98 valence electrons. The van der Waals surface area contributed by atoms with Crippen LogP contribution in [0.25, 0.3) is 0 Å². The van der Waals surface area contributed by atoms with Gasteiger partial charge >= 0.3 is 0 Å². The minimum absolute atomic E-state index is 0.406. The van der Waals surface area contributed by atoms with Crippen molar-refractivity contribution in [2.24, 2.45) is 0 Å². The van der Waals surface area contributed by atoms with Crippen LogP contribution in [-0.2, 0) is 17.6 Å². The molecule has 2 atom stereocenters. The first-order chi connectivity index (χ1) is 8.65. The molecule has 0 aromatic heterocycles. The van der Waals surface area contributed by atoms with E-state index in [1.807, 2.05) is 12.1 Å². The Hall–Kier alpha value is -0.610. The lowest BCUT2D eigenvalue weighted by Gasteiger charge is -2.23. The van der Waals surface area contributed by atoms with Gasteiger partial charge in [0.1, 0.15) is 5.60 Å². The highest BCUT2D eigenvalue weighted by Gasteiger charge is 2.33. The van der Waals surface area contributed by atoms with Gasteiger partial charge in [-0.15, -0.1) is 0 Å². The predicted molar refractivity (Wildman–Crippen MR) is 71.0 cm³/mol. The van der Waals surface area contributed by atoms with Gasteiger partial charge in [-0.1, -0.05) is 17.7 Å². The second-order valence-electron chi connectivity index (χ2n) is 5.43. The third-order valence-electron chi connectivity index (χ3n) is 3.90. The van der Waals surface area contributed by atoms with Crippen LogP contribution in [-0.4, -0.2) is 36.5 Å². The second kappa shape index (κ2) is 4.82. The van der Waals surface area contributed by atoms with Crippen LogP contribution in [0, 0.1) is 0 Å². The van der Waals surface area contributed by atoms with Crippen LogP contribution in [0.5, 0.6) is 0 Å². The number of rotatable bonds is 3. The van der Waals surface area contributed by atoms with E-state index in [0.29, 0.717) is 25.8 Å². The lowest BCUT2D eigenvalue weighted by molar-refractivity contribution is 0.0250. The molecule has 1 aliphatic heterocycles. The van der Waals surface area contributed by atoms with Crippen molar-refractivity contribution in [3.63, 3.8) is 0 Å². The molecule has 3 rings (SSSR count). The molecule has 2 aliphatic rings. The first-order valence-electron chi connectivity index (χ1n) is 6.45. The van der Waals surface area contributed by atoms with Crippen molar-refractivity contribution in [2.75, 3.05) is 19.8 Å². The van der Waals surface area contributed by atoms with Gasteiger partial charge in [0.15, 0.2) is 0 Å². The predicted octanol–water partition coefficient (Wildman–Crippen LogP) is 1.55. The summed E-state index contributed by atoms with van der Waals surface area (Å²) in [4.78, 5) is 0. The van der Waals surface area contributed by atoms with Gasteiger partial charge in [-0.25, -0.2) is 0 Å². The van der Waals surface area contributed by atoms with Crippen LogP contribution in [0.3, 0.4) is 0 Å². The zero-order valence-electron chi connectivity index (χ0n) is 10.3. The fourth-order valence-corrected chi connectivity index (χ4v) is 3.00. The number of nitrogens with one attached hydrogen (secondary N) is 1. The van der Waals surface area contributed by atoms with Crippen LogP contribution in [0.4, 0.5) is 0 Å². The highest BCUT2D eigenvalue weighted by atomic mass is 35.5. The SMILES string of the molecule is OC1(CNC2Cc3ccc(Cl)cc3C2)CCOC1. The summed E-state index contributed by atoms with van der Waals surface area (Å²) < 4.78 is 5.25. The van der Waals surface area contributed by atoms with Crippen molar-refractivity contribution in [1.29, 1.82) is 0 Å². The summed E-state index contributed by atoms with van der Waals surface area (Å²) >= 11 is 6.00. The van der Waals surface area contributed by atoms with Crippen molar-refractivity contribution in [1.82, 2.24) is 5.32 Å². The van der Waals surface area contributed by atoms with E-state index in [0.717, 1.165) is 24.3 Å². The molecule has 2 unspecified atom stereocenters. The van der Waals surface area contributed by atoms with Crippen molar-refractivity contribution >= 4 is 11.6 Å². The number of hydrogen-bond donors (Lipinski definition) is 2. The third kappa shape index (κ3) is 2.54. The number of halogens is 1. The van der Waals surface area contributed by atoms with Gasteiger partial charge in [-0.3, -0.25) is 0 Å². The Balaban J connectivity index is 1.58. The maximum atomic E-state index is 10.2. The number of aliphatic hydroxyl groups is 1. The smallest absolute Gasteiger partial charge is 0.102 e. The molecule has 1 aliphatic carbocycles. The molecule has 0 saturated carbocycles. The summed E-state index contributed by atoms with van der Waals surface area (Å²) in [6, 6.07) is 6.50. The van der Waals surface area contributed by atoms with Crippen LogP contribution in [0.1, 0.15) is 17.5 Å². The van der Waals surface area contributed by atoms with Gasteiger partial charge in [-0.05, 0) is 36.1 Å². The minimum atomic E-state index is -0.674. The maximum absolute atomic E-state index is 10.2. The first-order valence-corrected chi connectivity index (χ1v) is 6.83. The molecular formula is C14H18ClNO2. The molecule has 1 heterocycles. The molecule has 18 heavy (non-hydrogen) atoms. The van der Waals surface area contributed by atoms with Crippen molar-refractivity contribution in [3.8, 4) is 0 Å². The third-order valence-corrected chi connectivity index (χ3v) is 4.14. The number of hydrogen-bond acceptors (Lipinski definition) is 3. The van der Waals surface area contributed by atoms with Crippen molar-refractivity contribution in [3.05, 3.63) is 34.3 Å². The molecule has 0 amide bonds. The zero-order valence-corrected chi connectivity index (χ0v) is 11.0. The molecule has 0 spiro atoms. The van der Waals surface area contributed by atoms with Crippen molar-refractivity contribution in [2.45, 2.75) is 30.9 Å². The normalized spacial score (nSPS) is 30.7. The molecule has 1 aromatic carbocycles. The van der Waals surface area contributed by atoms with E-state index in [1.54, 1.807) is 0 Å². The Kier molecular flexibility index (Phi) is 3.32. The molecule has 1 fully saturated rings. The van der Waals surface area contributed by atoms with Crippen molar-refractivity contribution < 1.29 is 9.84 Å². The summed E-state index contributed by atoms with van der Waals surface area (Å²) in [5, 5.41) is 14.5. The van der Waals surface area contributed by atoms with E-state index in [9.17, 15) is 5.11 Å². The van der Waals surface area contributed by atoms with Gasteiger partial charge in [0.25, 0.3) is 0 Å². The van der Waals surface area contributed by atoms with E-state index in [-0.39, 0.29) is 0 Å². The van der Waals surface area contributed by atoms with Crippen LogP contribution < -0.4 is 5.32 Å². The lowest BCUT2D eigenvalue weighted by Crippen LogP contribution is -2.45. The van der Waals surface area contributed by atoms with E-state index in [4.69, 9.17) is 16.3 Å². The number of fused-ring (bicyclic) bond motifs is 1. The Morgan fingerprint density at radius 1 is 1.39 bits per heavy atom. The summed E-state index contributed by atoms with van der Waals surface area (Å²) in [5.74, 6) is 0. The lowest BCUT2D eigenvalue weighted by atomic mass is 10.0. The van der Waals surface area contributed by atoms with E-state index in [1.165, 1.54) is 11.1 Å². The molecule has 1 aromatic rings. The highest BCUT2D eigenvalue weighted by Crippen LogP contribution is 2.26. The molecule has 3 nitrogen and oxygen atoms in total. The molecule has 2 N–H and O–H groups in total. The molecule has 0 radical (unpaired) electrons. The topological polar surface area (TPSA) is 41.5 Å². The first kappa shape index (κ1) is 12.4. The Morgan fingerprint density at radius 3 is 3.00 bits per heavy atom. The van der Waals surface area contributed by atoms with Gasteiger partial charge in [-0.2, -0.15) is 0 Å². The van der Waals surface area contributed by atoms with E-state index >= 15 is 0 Å². The highest BCUT2D eigenvalue weighted by molar-refractivity contribution is 6.30. The fraction of sp³-hybridized carbons (Fsp3) is 0.571. The summed E-state index contributed by atoms with van der Waals surface area (Å²) in [6.07, 6.45) is 2.74. The number of ether oxygens (including phenoxy) is 1. The maximum Gasteiger partial charge on any atom is 0.102 e. The van der Waals surface area contributed by atoms with Gasteiger partial charge in [0.05, 0.1) is 6.61 Å². The van der Waals surface area contributed by atoms with Gasteiger partial charge < -0.3 is 15.2 Å². The summed E-state index contributed by atoms with van der Waals surface area (Å²) in [5.41, 5.74) is 2.02. The average molecular weight is 268 g/mol. The molecule has 1 saturated heterocycles. The molecule has 4 heteroatoms. The zero-order chi connectivity index (χ0) is 12.6. The number of benzene rings is 1. The second-order valence-corrected chi connectivity index (χ2v) is 5.86. The standard InChI is InChI=1S/C14H18ClNO2/c15-12-2-1-10-6-13(7-11(10)5-12)16-8-14(17)3-4-18-9-14/h1-2,5,13,16-17H,3-4,6-9H2. The molecule has 0 bridgehead atoms. The average Bonchev–Trinajstić information content (AvgIpc) is 2.93.